The predicted octanol–water partition coefficient (Wildman–Crippen LogP) is 14.5. The van der Waals surface area contributed by atoms with Gasteiger partial charge >= 0.3 is 0 Å². The fraction of sp³-hybridized carbons (Fsp3) is 0.237. The van der Waals surface area contributed by atoms with Gasteiger partial charge in [0.2, 0.25) is 0 Å². The molecule has 0 aromatic heterocycles. The highest BCUT2D eigenvalue weighted by molar-refractivity contribution is 5.98. The second kappa shape index (κ2) is 22.1. The van der Waals surface area contributed by atoms with E-state index in [0.717, 1.165) is 58.1 Å². The molecule has 4 aliphatic rings. The van der Waals surface area contributed by atoms with Crippen molar-refractivity contribution in [1.82, 2.24) is 4.90 Å². The van der Waals surface area contributed by atoms with Gasteiger partial charge in [0.05, 0.1) is 5.69 Å². The molecule has 5 heteroatoms. The number of fused-ring (bicyclic) bond motifs is 2. The van der Waals surface area contributed by atoms with Crippen LogP contribution in [0.2, 0.25) is 0 Å². The van der Waals surface area contributed by atoms with Gasteiger partial charge < -0.3 is 15.4 Å². The molecule has 1 aliphatic heterocycles. The van der Waals surface area contributed by atoms with E-state index in [-0.39, 0.29) is 6.04 Å². The van der Waals surface area contributed by atoms with Crippen LogP contribution in [-0.2, 0) is 6.54 Å². The van der Waals surface area contributed by atoms with E-state index in [1.807, 2.05) is 64.2 Å². The first-order chi connectivity index (χ1) is 31.3. The standard InChI is InChI=1S/C48H47N3O.C9H11N.C2H6/c1-33-12-6-5-9-29-52-46-28-27-43(48(47(33)46)50-45-18-11-16-40-31-44(40)45)38-23-21-37(22-24-38)39-15-10-17-42(30-39)49-41-25-19-35(20-26-41)32-51(3)34(2)36-13-7-4-8-14-36;1-8(10-2)9-6-4-3-5-7-9;1-2/h4-28,34,40,42,44,49-50H,1,29-32H2,2-3H3;3-7H,1-2H3;1-2H3/b9-5-,12-6-;;. The molecule has 1 heterocycles. The number of rotatable bonds is 11. The average Bonchev–Trinajstić information content (AvgIpc) is 4.14. The molecular weight excluding hydrogens is 781 g/mol. The first-order valence-electron chi connectivity index (χ1n) is 22.9. The topological polar surface area (TPSA) is 48.9 Å². The van der Waals surface area contributed by atoms with E-state index in [2.05, 4.69) is 187 Å². The predicted molar refractivity (Wildman–Crippen MR) is 275 cm³/mol. The number of ether oxygens (including phenoxy) is 1. The van der Waals surface area contributed by atoms with Crippen LogP contribution in [0.4, 0.5) is 11.4 Å². The molecule has 5 aromatic carbocycles. The molecule has 4 unspecified atom stereocenters. The van der Waals surface area contributed by atoms with E-state index in [1.165, 1.54) is 39.9 Å². The van der Waals surface area contributed by atoms with Crippen LogP contribution in [0.5, 0.6) is 5.75 Å². The van der Waals surface area contributed by atoms with Crippen LogP contribution in [-0.4, -0.2) is 37.4 Å². The average molecular weight is 845 g/mol. The first-order valence-corrected chi connectivity index (χ1v) is 22.9. The van der Waals surface area contributed by atoms with Crippen molar-refractivity contribution in [2.75, 3.05) is 31.3 Å². The molecule has 5 nitrogen and oxygen atoms in total. The van der Waals surface area contributed by atoms with Crippen LogP contribution in [0.3, 0.4) is 0 Å². The van der Waals surface area contributed by atoms with Crippen molar-refractivity contribution in [3.8, 4) is 16.9 Å². The summed E-state index contributed by atoms with van der Waals surface area (Å²) >= 11 is 0. The van der Waals surface area contributed by atoms with Crippen molar-refractivity contribution in [1.29, 1.82) is 0 Å². The van der Waals surface area contributed by atoms with Crippen molar-refractivity contribution in [2.45, 2.75) is 59.2 Å². The number of aliphatic imine (C=N–C) groups is 1. The molecule has 0 bridgehead atoms. The van der Waals surface area contributed by atoms with Gasteiger partial charge in [-0.3, -0.25) is 9.89 Å². The highest BCUT2D eigenvalue weighted by atomic mass is 16.5. The summed E-state index contributed by atoms with van der Waals surface area (Å²) in [5.74, 6) is 2.05. The van der Waals surface area contributed by atoms with Crippen LogP contribution in [0.1, 0.15) is 74.4 Å². The lowest BCUT2D eigenvalue weighted by Crippen LogP contribution is -2.22. The zero-order chi connectivity index (χ0) is 44.8. The van der Waals surface area contributed by atoms with Crippen LogP contribution < -0.4 is 15.4 Å². The maximum absolute atomic E-state index is 6.25. The molecule has 64 heavy (non-hydrogen) atoms. The Hall–Kier alpha value is -6.69. The number of allylic oxidation sites excluding steroid dienone is 10. The summed E-state index contributed by atoms with van der Waals surface area (Å²) in [6.45, 7) is 14.2. The summed E-state index contributed by atoms with van der Waals surface area (Å²) in [5.41, 5.74) is 15.2. The number of nitrogens with one attached hydrogen (secondary N) is 2. The fourth-order valence-corrected chi connectivity index (χ4v) is 8.41. The van der Waals surface area contributed by atoms with Gasteiger partial charge in [0.1, 0.15) is 12.4 Å². The van der Waals surface area contributed by atoms with Gasteiger partial charge in [-0.15, -0.1) is 0 Å². The van der Waals surface area contributed by atoms with Gasteiger partial charge in [0.25, 0.3) is 0 Å². The zero-order valence-electron chi connectivity index (χ0n) is 38.5. The van der Waals surface area contributed by atoms with Crippen LogP contribution in [0.15, 0.2) is 199 Å². The van der Waals surface area contributed by atoms with Gasteiger partial charge in [-0.25, -0.2) is 0 Å². The Morgan fingerprint density at radius 1 is 0.812 bits per heavy atom. The van der Waals surface area contributed by atoms with Crippen molar-refractivity contribution in [3.63, 3.8) is 0 Å². The highest BCUT2D eigenvalue weighted by Crippen LogP contribution is 2.50. The van der Waals surface area contributed by atoms with Gasteiger partial charge in [0, 0.05) is 59.8 Å². The van der Waals surface area contributed by atoms with E-state index >= 15 is 0 Å². The van der Waals surface area contributed by atoms with Crippen LogP contribution in [0, 0.1) is 11.8 Å². The van der Waals surface area contributed by atoms with Crippen LogP contribution in [0.25, 0.3) is 22.3 Å². The minimum atomic E-state index is 0.220. The molecule has 1 saturated carbocycles. The van der Waals surface area contributed by atoms with Gasteiger partial charge in [-0.2, -0.15) is 0 Å². The molecule has 0 spiro atoms. The van der Waals surface area contributed by atoms with E-state index in [1.54, 1.807) is 0 Å². The highest BCUT2D eigenvalue weighted by Gasteiger charge is 2.40. The third kappa shape index (κ3) is 11.5. The summed E-state index contributed by atoms with van der Waals surface area (Å²) in [6, 6.07) is 43.7. The Balaban J connectivity index is 0.000000448. The number of nitrogens with zero attached hydrogens (tertiary/aromatic N) is 2. The smallest absolute Gasteiger partial charge is 0.129 e. The first kappa shape index (κ1) is 45.3. The van der Waals surface area contributed by atoms with E-state index in [9.17, 15) is 0 Å². The summed E-state index contributed by atoms with van der Waals surface area (Å²) in [6.07, 6.45) is 23.7. The lowest BCUT2D eigenvalue weighted by molar-refractivity contribution is 0.253. The number of hydrogen-bond donors (Lipinski definition) is 2. The summed E-state index contributed by atoms with van der Waals surface area (Å²) < 4.78 is 6.25. The molecule has 0 amide bonds. The van der Waals surface area contributed by atoms with Crippen LogP contribution >= 0.6 is 0 Å². The lowest BCUT2D eigenvalue weighted by atomic mass is 9.91. The second-order valence-electron chi connectivity index (χ2n) is 16.6. The zero-order valence-corrected chi connectivity index (χ0v) is 38.5. The SMILES string of the molecule is C=C1/C=C\C=C/COc2ccc(-c3ccc(C4=CC=CC(Nc5ccc(CN(C)C(C)c6ccccc6)cc5)C4)cc3)c(NC3=CC=CC4CC34)c21.CC.CN=C(C)c1ccccc1. The van der Waals surface area contributed by atoms with Gasteiger partial charge in [0.15, 0.2) is 0 Å². The third-order valence-electron chi connectivity index (χ3n) is 12.4. The quantitative estimate of drug-likeness (QED) is 0.130. The number of hydrogen-bond acceptors (Lipinski definition) is 5. The van der Waals surface area contributed by atoms with Gasteiger partial charge in [-0.05, 0) is 115 Å². The largest absolute Gasteiger partial charge is 0.489 e. The maximum atomic E-state index is 6.25. The minimum absolute atomic E-state index is 0.220. The summed E-state index contributed by atoms with van der Waals surface area (Å²) in [4.78, 5) is 6.47. The molecule has 2 N–H and O–H groups in total. The Kier molecular flexibility index (Phi) is 15.6. The summed E-state index contributed by atoms with van der Waals surface area (Å²) in [7, 11) is 4.00. The van der Waals surface area contributed by atoms with Crippen molar-refractivity contribution in [2.24, 2.45) is 16.8 Å². The molecular formula is C59H64N4O. The van der Waals surface area contributed by atoms with Gasteiger partial charge in [-0.1, -0.05) is 166 Å². The lowest BCUT2D eigenvalue weighted by Gasteiger charge is -2.25. The van der Waals surface area contributed by atoms with E-state index in [4.69, 9.17) is 4.74 Å². The molecule has 0 radical (unpaired) electrons. The number of benzene rings is 5. The number of anilines is 2. The third-order valence-corrected chi connectivity index (χ3v) is 12.4. The molecule has 9 rings (SSSR count). The van der Waals surface area contributed by atoms with Crippen molar-refractivity contribution >= 4 is 28.2 Å². The Labute approximate surface area is 382 Å². The van der Waals surface area contributed by atoms with Crippen molar-refractivity contribution < 1.29 is 4.74 Å². The molecule has 1 fully saturated rings. The maximum Gasteiger partial charge on any atom is 0.129 e. The Morgan fingerprint density at radius 3 is 2.25 bits per heavy atom. The molecule has 4 atom stereocenters. The Bertz CT molecular complexity index is 2560. The minimum Gasteiger partial charge on any atom is -0.489 e. The molecule has 5 aromatic rings. The summed E-state index contributed by atoms with van der Waals surface area (Å²) in [5, 5.41) is 7.64. The second-order valence-corrected chi connectivity index (χ2v) is 16.6. The Morgan fingerprint density at radius 2 is 1.52 bits per heavy atom. The van der Waals surface area contributed by atoms with Crippen molar-refractivity contribution in [3.05, 3.63) is 222 Å². The molecule has 3 aliphatic carbocycles. The molecule has 326 valence electrons. The van der Waals surface area contributed by atoms with E-state index in [0.29, 0.717) is 24.5 Å². The monoisotopic (exact) mass is 845 g/mol. The molecule has 0 saturated heterocycles. The van der Waals surface area contributed by atoms with E-state index < -0.39 is 0 Å². The normalized spacial score (nSPS) is 19.8. The fourth-order valence-electron chi connectivity index (χ4n) is 8.41.